The molecule has 0 fully saturated rings. The van der Waals surface area contributed by atoms with Crippen LogP contribution >= 0.6 is 0 Å². The molecule has 0 unspecified atom stereocenters. The molecule has 2 aromatic rings. The molecule has 0 saturated heterocycles. The van der Waals surface area contributed by atoms with Gasteiger partial charge in [0.25, 0.3) is 0 Å². The summed E-state index contributed by atoms with van der Waals surface area (Å²) >= 11 is 0. The Hall–Kier alpha value is -2.40. The smallest absolute Gasteiger partial charge is 0.311 e. The Morgan fingerprint density at radius 1 is 1.20 bits per heavy atom. The Morgan fingerprint density at radius 2 is 1.85 bits per heavy atom. The molecule has 20 heavy (non-hydrogen) atoms. The summed E-state index contributed by atoms with van der Waals surface area (Å²) in [5, 5.41) is 20.6. The van der Waals surface area contributed by atoms with E-state index in [4.69, 9.17) is 4.74 Å². The van der Waals surface area contributed by atoms with Crippen molar-refractivity contribution in [2.24, 2.45) is 0 Å². The van der Waals surface area contributed by atoms with Gasteiger partial charge in [0.1, 0.15) is 5.75 Å². The molecule has 2 aromatic carbocycles. The minimum absolute atomic E-state index is 0.156. The molecular weight excluding hydrogens is 258 g/mol. The fourth-order valence-corrected chi connectivity index (χ4v) is 1.76. The van der Waals surface area contributed by atoms with E-state index in [1.54, 1.807) is 25.1 Å². The lowest BCUT2D eigenvalue weighted by Crippen LogP contribution is -1.97. The van der Waals surface area contributed by atoms with Gasteiger partial charge in [0.2, 0.25) is 5.75 Å². The van der Waals surface area contributed by atoms with Gasteiger partial charge in [-0.1, -0.05) is 23.8 Å². The summed E-state index contributed by atoms with van der Waals surface area (Å²) in [6.45, 7) is 3.50. The van der Waals surface area contributed by atoms with E-state index in [9.17, 15) is 15.2 Å². The number of aliphatic hydroxyl groups is 1. The summed E-state index contributed by atoms with van der Waals surface area (Å²) in [4.78, 5) is 10.6. The standard InChI is InChI=1S/C15H15NO4/c1-10-3-6-13(7-4-10)20-15-8-5-12(11(2)17)9-14(15)16(18)19/h3-9,11,17H,1-2H3/t11-/m0/s1. The maximum Gasteiger partial charge on any atom is 0.311 e. The molecule has 0 spiro atoms. The highest BCUT2D eigenvalue weighted by atomic mass is 16.6. The SMILES string of the molecule is Cc1ccc(Oc2ccc([C@H](C)O)cc2[N+](=O)[O-])cc1. The van der Waals surface area contributed by atoms with Crippen molar-refractivity contribution < 1.29 is 14.8 Å². The van der Waals surface area contributed by atoms with E-state index in [2.05, 4.69) is 0 Å². The molecule has 0 heterocycles. The van der Waals surface area contributed by atoms with Gasteiger partial charge in [-0.2, -0.15) is 0 Å². The lowest BCUT2D eigenvalue weighted by molar-refractivity contribution is -0.385. The first kappa shape index (κ1) is 14.0. The number of rotatable bonds is 4. The third-order valence-corrected chi connectivity index (χ3v) is 2.91. The minimum atomic E-state index is -0.762. The Labute approximate surface area is 116 Å². The third kappa shape index (κ3) is 3.13. The lowest BCUT2D eigenvalue weighted by Gasteiger charge is -2.09. The zero-order chi connectivity index (χ0) is 14.7. The van der Waals surface area contributed by atoms with Crippen molar-refractivity contribution in [3.05, 3.63) is 63.7 Å². The quantitative estimate of drug-likeness (QED) is 0.680. The van der Waals surface area contributed by atoms with Gasteiger partial charge in [-0.05, 0) is 37.6 Å². The van der Waals surface area contributed by atoms with Gasteiger partial charge in [0.15, 0.2) is 0 Å². The summed E-state index contributed by atoms with van der Waals surface area (Å²) in [7, 11) is 0. The molecule has 1 N–H and O–H groups in total. The first-order chi connectivity index (χ1) is 9.47. The number of nitro benzene ring substituents is 1. The predicted molar refractivity (Wildman–Crippen MR) is 75.0 cm³/mol. The number of aryl methyl sites for hydroxylation is 1. The number of hydrogen-bond donors (Lipinski definition) is 1. The summed E-state index contributed by atoms with van der Waals surface area (Å²) in [6.07, 6.45) is -0.762. The third-order valence-electron chi connectivity index (χ3n) is 2.91. The normalized spacial score (nSPS) is 11.9. The number of hydrogen-bond acceptors (Lipinski definition) is 4. The van der Waals surface area contributed by atoms with Crippen molar-refractivity contribution in [3.8, 4) is 11.5 Å². The maximum absolute atomic E-state index is 11.1. The van der Waals surface area contributed by atoms with E-state index in [-0.39, 0.29) is 11.4 Å². The van der Waals surface area contributed by atoms with Gasteiger partial charge in [-0.25, -0.2) is 0 Å². The second kappa shape index (κ2) is 5.71. The molecule has 2 rings (SSSR count). The fourth-order valence-electron chi connectivity index (χ4n) is 1.76. The van der Waals surface area contributed by atoms with Gasteiger partial charge in [0.05, 0.1) is 11.0 Å². The van der Waals surface area contributed by atoms with Crippen LogP contribution in [0.4, 0.5) is 5.69 Å². The number of ether oxygens (including phenoxy) is 1. The van der Waals surface area contributed by atoms with Crippen molar-refractivity contribution in [1.82, 2.24) is 0 Å². The van der Waals surface area contributed by atoms with Crippen LogP contribution in [0.3, 0.4) is 0 Å². The molecule has 0 aliphatic rings. The van der Waals surface area contributed by atoms with Crippen LogP contribution in [0.25, 0.3) is 0 Å². The van der Waals surface area contributed by atoms with E-state index < -0.39 is 11.0 Å². The van der Waals surface area contributed by atoms with Crippen molar-refractivity contribution >= 4 is 5.69 Å². The highest BCUT2D eigenvalue weighted by Crippen LogP contribution is 2.33. The second-order valence-electron chi connectivity index (χ2n) is 4.58. The van der Waals surface area contributed by atoms with Gasteiger partial charge in [0, 0.05) is 6.07 Å². The molecular formula is C15H15NO4. The molecule has 0 saturated carbocycles. The molecule has 5 nitrogen and oxygen atoms in total. The van der Waals surface area contributed by atoms with Crippen LogP contribution in [0.15, 0.2) is 42.5 Å². The highest BCUT2D eigenvalue weighted by molar-refractivity contribution is 5.51. The Balaban J connectivity index is 2.35. The summed E-state index contributed by atoms with van der Waals surface area (Å²) in [5.74, 6) is 0.687. The summed E-state index contributed by atoms with van der Waals surface area (Å²) in [5.41, 5.74) is 1.40. The average Bonchev–Trinajstić information content (AvgIpc) is 2.41. The summed E-state index contributed by atoms with van der Waals surface area (Å²) in [6, 6.07) is 11.7. The Kier molecular flexibility index (Phi) is 4.00. The molecule has 0 radical (unpaired) electrons. The Morgan fingerprint density at radius 3 is 2.40 bits per heavy atom. The summed E-state index contributed by atoms with van der Waals surface area (Å²) < 4.78 is 5.54. The fraction of sp³-hybridized carbons (Fsp3) is 0.200. The van der Waals surface area contributed by atoms with E-state index in [1.165, 1.54) is 12.1 Å². The highest BCUT2D eigenvalue weighted by Gasteiger charge is 2.18. The van der Waals surface area contributed by atoms with Crippen LogP contribution in [-0.4, -0.2) is 10.0 Å². The van der Waals surface area contributed by atoms with Crippen LogP contribution in [0.5, 0.6) is 11.5 Å². The largest absolute Gasteiger partial charge is 0.450 e. The second-order valence-corrected chi connectivity index (χ2v) is 4.58. The van der Waals surface area contributed by atoms with Gasteiger partial charge < -0.3 is 9.84 Å². The lowest BCUT2D eigenvalue weighted by atomic mass is 10.1. The molecule has 0 aliphatic heterocycles. The number of nitro groups is 1. The minimum Gasteiger partial charge on any atom is -0.450 e. The monoisotopic (exact) mass is 273 g/mol. The van der Waals surface area contributed by atoms with Crippen molar-refractivity contribution in [1.29, 1.82) is 0 Å². The first-order valence-corrected chi connectivity index (χ1v) is 6.18. The molecule has 0 aromatic heterocycles. The molecule has 0 bridgehead atoms. The van der Waals surface area contributed by atoms with Crippen molar-refractivity contribution in [2.45, 2.75) is 20.0 Å². The Bertz CT molecular complexity index is 620. The van der Waals surface area contributed by atoms with Crippen molar-refractivity contribution in [3.63, 3.8) is 0 Å². The average molecular weight is 273 g/mol. The molecule has 0 amide bonds. The van der Waals surface area contributed by atoms with Gasteiger partial charge in [-0.15, -0.1) is 0 Å². The first-order valence-electron chi connectivity index (χ1n) is 6.18. The molecule has 1 atom stereocenters. The zero-order valence-corrected chi connectivity index (χ0v) is 11.2. The molecule has 5 heteroatoms. The topological polar surface area (TPSA) is 72.6 Å². The number of benzene rings is 2. The van der Waals surface area contributed by atoms with E-state index in [1.807, 2.05) is 19.1 Å². The van der Waals surface area contributed by atoms with Crippen LogP contribution in [0.2, 0.25) is 0 Å². The predicted octanol–water partition coefficient (Wildman–Crippen LogP) is 3.75. The maximum atomic E-state index is 11.1. The zero-order valence-electron chi connectivity index (χ0n) is 11.2. The molecule has 0 aliphatic carbocycles. The van der Waals surface area contributed by atoms with Gasteiger partial charge in [-0.3, -0.25) is 10.1 Å². The van der Waals surface area contributed by atoms with Crippen LogP contribution in [0, 0.1) is 17.0 Å². The van der Waals surface area contributed by atoms with Gasteiger partial charge >= 0.3 is 5.69 Å². The number of aliphatic hydroxyl groups excluding tert-OH is 1. The van der Waals surface area contributed by atoms with E-state index >= 15 is 0 Å². The van der Waals surface area contributed by atoms with E-state index in [0.29, 0.717) is 11.3 Å². The van der Waals surface area contributed by atoms with Crippen LogP contribution in [-0.2, 0) is 0 Å². The van der Waals surface area contributed by atoms with Crippen LogP contribution < -0.4 is 4.74 Å². The van der Waals surface area contributed by atoms with Crippen molar-refractivity contribution in [2.75, 3.05) is 0 Å². The number of nitrogens with zero attached hydrogens (tertiary/aromatic N) is 1. The molecule has 104 valence electrons. The van der Waals surface area contributed by atoms with E-state index in [0.717, 1.165) is 5.56 Å². The van der Waals surface area contributed by atoms with Crippen LogP contribution in [0.1, 0.15) is 24.2 Å².